The van der Waals surface area contributed by atoms with Gasteiger partial charge in [0.1, 0.15) is 0 Å². The first-order chi connectivity index (χ1) is 10.2. The van der Waals surface area contributed by atoms with Crippen molar-refractivity contribution >= 4 is 5.91 Å². The molecule has 0 spiro atoms. The fraction of sp³-hybridized carbons (Fsp3) is 0.353. The summed E-state index contributed by atoms with van der Waals surface area (Å²) in [4.78, 5) is 14.8. The Balaban J connectivity index is 1.98. The highest BCUT2D eigenvalue weighted by Gasteiger charge is 2.32. The molecule has 110 valence electrons. The number of hydrogen-bond donors (Lipinski definition) is 2. The van der Waals surface area contributed by atoms with Gasteiger partial charge in [-0.15, -0.1) is 0 Å². The normalized spacial score (nSPS) is 22.0. The first kappa shape index (κ1) is 13.7. The molecule has 1 fully saturated rings. The zero-order chi connectivity index (χ0) is 14.8. The van der Waals surface area contributed by atoms with E-state index in [0.717, 1.165) is 48.6 Å². The average molecular weight is 283 g/mol. The van der Waals surface area contributed by atoms with Gasteiger partial charge < -0.3 is 15.5 Å². The van der Waals surface area contributed by atoms with Gasteiger partial charge in [0, 0.05) is 18.8 Å². The summed E-state index contributed by atoms with van der Waals surface area (Å²) in [6.45, 7) is 7.62. The van der Waals surface area contributed by atoms with E-state index >= 15 is 0 Å². The summed E-state index contributed by atoms with van der Waals surface area (Å²) < 4.78 is 0. The SMILES string of the molecule is C=C1NC(C)=C(C(=O)N2CCCC2)C(c2ccccc2)N1. The van der Waals surface area contributed by atoms with E-state index in [1.54, 1.807) is 0 Å². The van der Waals surface area contributed by atoms with Crippen molar-refractivity contribution in [3.63, 3.8) is 0 Å². The van der Waals surface area contributed by atoms with E-state index in [1.165, 1.54) is 0 Å². The third-order valence-corrected chi connectivity index (χ3v) is 4.11. The van der Waals surface area contributed by atoms with E-state index in [-0.39, 0.29) is 11.9 Å². The molecule has 4 heteroatoms. The smallest absolute Gasteiger partial charge is 0.253 e. The molecule has 2 aliphatic rings. The highest BCUT2D eigenvalue weighted by molar-refractivity contribution is 5.96. The number of nitrogens with one attached hydrogen (secondary N) is 2. The Morgan fingerprint density at radius 1 is 1.24 bits per heavy atom. The molecule has 1 aromatic rings. The minimum absolute atomic E-state index is 0.131. The fourth-order valence-corrected chi connectivity index (χ4v) is 3.06. The highest BCUT2D eigenvalue weighted by Crippen LogP contribution is 2.30. The number of amides is 1. The number of carbonyl (C=O) groups is 1. The Morgan fingerprint density at radius 2 is 1.90 bits per heavy atom. The number of allylic oxidation sites excluding steroid dienone is 1. The number of hydrogen-bond acceptors (Lipinski definition) is 3. The highest BCUT2D eigenvalue weighted by atomic mass is 16.2. The Labute approximate surface area is 125 Å². The average Bonchev–Trinajstić information content (AvgIpc) is 3.01. The standard InChI is InChI=1S/C17H21N3O/c1-12-15(17(21)20-10-6-7-11-20)16(19-13(2)18-12)14-8-4-3-5-9-14/h3-5,8-9,16,18-19H,2,6-7,10-11H2,1H3. The van der Waals surface area contributed by atoms with Gasteiger partial charge in [-0.3, -0.25) is 4.79 Å². The maximum atomic E-state index is 12.9. The number of benzene rings is 1. The first-order valence-electron chi connectivity index (χ1n) is 7.44. The largest absolute Gasteiger partial charge is 0.361 e. The van der Waals surface area contributed by atoms with E-state index in [9.17, 15) is 4.79 Å². The minimum Gasteiger partial charge on any atom is -0.361 e. The van der Waals surface area contributed by atoms with Gasteiger partial charge in [-0.2, -0.15) is 0 Å². The van der Waals surface area contributed by atoms with Crippen molar-refractivity contribution in [3.8, 4) is 0 Å². The Hall–Kier alpha value is -2.23. The van der Waals surface area contributed by atoms with Crippen LogP contribution in [0.5, 0.6) is 0 Å². The van der Waals surface area contributed by atoms with Gasteiger partial charge in [0.2, 0.25) is 0 Å². The summed E-state index contributed by atoms with van der Waals surface area (Å²) in [5, 5.41) is 6.47. The second-order valence-electron chi connectivity index (χ2n) is 5.63. The summed E-state index contributed by atoms with van der Waals surface area (Å²) in [5.74, 6) is 0.866. The van der Waals surface area contributed by atoms with Crippen LogP contribution in [-0.4, -0.2) is 23.9 Å². The molecule has 1 amide bonds. The van der Waals surface area contributed by atoms with E-state index < -0.39 is 0 Å². The maximum Gasteiger partial charge on any atom is 0.253 e. The number of rotatable bonds is 2. The van der Waals surface area contributed by atoms with Crippen molar-refractivity contribution in [1.82, 2.24) is 15.5 Å². The van der Waals surface area contributed by atoms with E-state index in [4.69, 9.17) is 0 Å². The van der Waals surface area contributed by atoms with Gasteiger partial charge in [0.05, 0.1) is 17.4 Å². The van der Waals surface area contributed by atoms with Crippen LogP contribution in [0, 0.1) is 0 Å². The molecule has 21 heavy (non-hydrogen) atoms. The van der Waals surface area contributed by atoms with Crippen LogP contribution in [-0.2, 0) is 4.79 Å². The molecule has 0 aromatic heterocycles. The summed E-state index contributed by atoms with van der Waals surface area (Å²) in [7, 11) is 0. The molecular formula is C17H21N3O. The third-order valence-electron chi connectivity index (χ3n) is 4.11. The lowest BCUT2D eigenvalue weighted by atomic mass is 9.94. The van der Waals surface area contributed by atoms with Crippen molar-refractivity contribution in [2.45, 2.75) is 25.8 Å². The van der Waals surface area contributed by atoms with Gasteiger partial charge >= 0.3 is 0 Å². The van der Waals surface area contributed by atoms with E-state index in [2.05, 4.69) is 17.2 Å². The molecule has 2 aliphatic heterocycles. The van der Waals surface area contributed by atoms with Crippen LogP contribution in [0.2, 0.25) is 0 Å². The Kier molecular flexibility index (Phi) is 3.69. The molecule has 1 atom stereocenters. The van der Waals surface area contributed by atoms with Crippen molar-refractivity contribution in [3.05, 3.63) is 59.6 Å². The Morgan fingerprint density at radius 3 is 2.57 bits per heavy atom. The Bertz CT molecular complexity index is 585. The number of likely N-dealkylation sites (tertiary alicyclic amines) is 1. The van der Waals surface area contributed by atoms with Crippen molar-refractivity contribution in [2.75, 3.05) is 13.1 Å². The van der Waals surface area contributed by atoms with Crippen molar-refractivity contribution < 1.29 is 4.79 Å². The van der Waals surface area contributed by atoms with E-state index in [0.29, 0.717) is 0 Å². The lowest BCUT2D eigenvalue weighted by Crippen LogP contribution is -2.42. The summed E-state index contributed by atoms with van der Waals surface area (Å²) in [5.41, 5.74) is 2.78. The van der Waals surface area contributed by atoms with Crippen LogP contribution < -0.4 is 10.6 Å². The monoisotopic (exact) mass is 283 g/mol. The summed E-state index contributed by atoms with van der Waals surface area (Å²) >= 11 is 0. The quantitative estimate of drug-likeness (QED) is 0.875. The molecule has 0 saturated carbocycles. The lowest BCUT2D eigenvalue weighted by Gasteiger charge is -2.33. The predicted octanol–water partition coefficient (Wildman–Crippen LogP) is 2.29. The van der Waals surface area contributed by atoms with Crippen LogP contribution in [0.4, 0.5) is 0 Å². The lowest BCUT2D eigenvalue weighted by molar-refractivity contribution is -0.126. The minimum atomic E-state index is -0.131. The zero-order valence-corrected chi connectivity index (χ0v) is 12.4. The first-order valence-corrected chi connectivity index (χ1v) is 7.44. The fourth-order valence-electron chi connectivity index (χ4n) is 3.06. The van der Waals surface area contributed by atoms with E-state index in [1.807, 2.05) is 42.2 Å². The van der Waals surface area contributed by atoms with Crippen molar-refractivity contribution in [2.24, 2.45) is 0 Å². The molecular weight excluding hydrogens is 262 g/mol. The second kappa shape index (κ2) is 5.64. The van der Waals surface area contributed by atoms with Gasteiger partial charge in [-0.05, 0) is 25.3 Å². The predicted molar refractivity (Wildman–Crippen MR) is 83.1 cm³/mol. The van der Waals surface area contributed by atoms with Crippen LogP contribution in [0.3, 0.4) is 0 Å². The third kappa shape index (κ3) is 2.66. The van der Waals surface area contributed by atoms with Crippen LogP contribution in [0.25, 0.3) is 0 Å². The van der Waals surface area contributed by atoms with Crippen LogP contribution >= 0.6 is 0 Å². The molecule has 1 aromatic carbocycles. The molecule has 0 radical (unpaired) electrons. The van der Waals surface area contributed by atoms with Crippen LogP contribution in [0.15, 0.2) is 54.0 Å². The summed E-state index contributed by atoms with van der Waals surface area (Å²) in [6, 6.07) is 9.93. The number of nitrogens with zero attached hydrogens (tertiary/aromatic N) is 1. The molecule has 0 bridgehead atoms. The van der Waals surface area contributed by atoms with Gasteiger partial charge in [-0.25, -0.2) is 0 Å². The van der Waals surface area contributed by atoms with Gasteiger partial charge in [-0.1, -0.05) is 36.9 Å². The van der Waals surface area contributed by atoms with Crippen LogP contribution in [0.1, 0.15) is 31.4 Å². The maximum absolute atomic E-state index is 12.9. The van der Waals surface area contributed by atoms with Gasteiger partial charge in [0.15, 0.2) is 0 Å². The summed E-state index contributed by atoms with van der Waals surface area (Å²) in [6.07, 6.45) is 2.20. The molecule has 1 unspecified atom stereocenters. The molecule has 2 heterocycles. The number of carbonyl (C=O) groups excluding carboxylic acids is 1. The molecule has 4 nitrogen and oxygen atoms in total. The van der Waals surface area contributed by atoms with Crippen molar-refractivity contribution in [1.29, 1.82) is 0 Å². The zero-order valence-electron chi connectivity index (χ0n) is 12.4. The molecule has 0 aliphatic carbocycles. The molecule has 1 saturated heterocycles. The van der Waals surface area contributed by atoms with Gasteiger partial charge in [0.25, 0.3) is 5.91 Å². The topological polar surface area (TPSA) is 44.4 Å². The molecule has 2 N–H and O–H groups in total. The molecule has 3 rings (SSSR count). The second-order valence-corrected chi connectivity index (χ2v) is 5.63.